The summed E-state index contributed by atoms with van der Waals surface area (Å²) >= 11 is 0. The lowest BCUT2D eigenvalue weighted by atomic mass is 10.2. The van der Waals surface area contributed by atoms with Crippen molar-refractivity contribution in [2.75, 3.05) is 7.11 Å². The van der Waals surface area contributed by atoms with Crippen molar-refractivity contribution in [1.82, 2.24) is 4.98 Å². The number of hydrogen-bond donors (Lipinski definition) is 1. The number of nitrogens with two attached hydrogens (primary N) is 1. The summed E-state index contributed by atoms with van der Waals surface area (Å²) in [4.78, 5) is 25.2. The van der Waals surface area contributed by atoms with Crippen LogP contribution in [0.5, 0.6) is 0 Å². The number of primary amides is 1. The zero-order valence-electron chi connectivity index (χ0n) is 7.98. The number of amides is 1. The van der Waals surface area contributed by atoms with Gasteiger partial charge >= 0.3 is 5.97 Å². The van der Waals surface area contributed by atoms with Crippen molar-refractivity contribution in [2.24, 2.45) is 5.73 Å². The smallest absolute Gasteiger partial charge is 0.339 e. The van der Waals surface area contributed by atoms with Crippen LogP contribution >= 0.6 is 0 Å². The highest BCUT2D eigenvalue weighted by molar-refractivity contribution is 5.92. The van der Waals surface area contributed by atoms with E-state index in [1.807, 2.05) is 0 Å². The fourth-order valence-electron chi connectivity index (χ4n) is 0.832. The van der Waals surface area contributed by atoms with E-state index in [4.69, 9.17) is 5.73 Å². The van der Waals surface area contributed by atoms with Crippen molar-refractivity contribution in [1.29, 1.82) is 0 Å². The fraction of sp³-hybridized carbons (Fsp3) is 0.100. The zero-order chi connectivity index (χ0) is 11.3. The molecular weight excluding hydrogens is 196 g/mol. The summed E-state index contributed by atoms with van der Waals surface area (Å²) in [7, 11) is 1.28. The van der Waals surface area contributed by atoms with Crippen LogP contribution in [0.3, 0.4) is 0 Å². The standard InChI is InChI=1S/C10H8N2O3/c1-15-10(14)7-2-3-8(12-6-7)4-5-9(11)13/h2-3,6H,1H3,(H2,11,13). The molecule has 0 aliphatic rings. The monoisotopic (exact) mass is 204 g/mol. The summed E-state index contributed by atoms with van der Waals surface area (Å²) in [6, 6.07) is 3.01. The topological polar surface area (TPSA) is 82.3 Å². The molecule has 0 fully saturated rings. The van der Waals surface area contributed by atoms with Crippen molar-refractivity contribution in [3.8, 4) is 11.8 Å². The van der Waals surface area contributed by atoms with Crippen molar-refractivity contribution in [2.45, 2.75) is 0 Å². The highest BCUT2D eigenvalue weighted by atomic mass is 16.5. The molecule has 0 saturated heterocycles. The van der Waals surface area contributed by atoms with Gasteiger partial charge in [0.15, 0.2) is 0 Å². The van der Waals surface area contributed by atoms with Crippen LogP contribution in [0.2, 0.25) is 0 Å². The molecule has 1 heterocycles. The predicted octanol–water partition coefficient (Wildman–Crippen LogP) is -0.295. The third-order valence-corrected chi connectivity index (χ3v) is 1.50. The third-order valence-electron chi connectivity index (χ3n) is 1.50. The number of carbonyl (C=O) groups is 2. The number of esters is 1. The van der Waals surface area contributed by atoms with Gasteiger partial charge in [-0.25, -0.2) is 9.78 Å². The summed E-state index contributed by atoms with van der Waals surface area (Å²) in [5.74, 6) is 3.37. The molecule has 0 spiro atoms. The number of aromatic nitrogens is 1. The minimum absolute atomic E-state index is 0.321. The first-order chi connectivity index (χ1) is 7.13. The Morgan fingerprint density at radius 2 is 2.20 bits per heavy atom. The number of hydrogen-bond acceptors (Lipinski definition) is 4. The zero-order valence-corrected chi connectivity index (χ0v) is 7.98. The molecule has 5 heteroatoms. The maximum absolute atomic E-state index is 11.0. The number of pyridine rings is 1. The third kappa shape index (κ3) is 3.12. The van der Waals surface area contributed by atoms with E-state index in [0.717, 1.165) is 0 Å². The van der Waals surface area contributed by atoms with Gasteiger partial charge in [-0.3, -0.25) is 4.79 Å². The van der Waals surface area contributed by atoms with Crippen LogP contribution < -0.4 is 5.73 Å². The summed E-state index contributed by atoms with van der Waals surface area (Å²) < 4.78 is 4.49. The van der Waals surface area contributed by atoms with Gasteiger partial charge in [0.05, 0.1) is 12.7 Å². The molecule has 0 atom stereocenters. The fourth-order valence-corrected chi connectivity index (χ4v) is 0.832. The molecule has 0 aromatic carbocycles. The molecule has 0 unspecified atom stereocenters. The Labute approximate surface area is 86.3 Å². The molecular formula is C10H8N2O3. The van der Waals surface area contributed by atoms with Gasteiger partial charge in [-0.15, -0.1) is 0 Å². The van der Waals surface area contributed by atoms with E-state index < -0.39 is 11.9 Å². The number of rotatable bonds is 1. The molecule has 1 rings (SSSR count). The Morgan fingerprint density at radius 3 is 2.67 bits per heavy atom. The Kier molecular flexibility index (Phi) is 3.41. The van der Waals surface area contributed by atoms with Crippen LogP contribution in [-0.2, 0) is 9.53 Å². The molecule has 1 aromatic heterocycles. The lowest BCUT2D eigenvalue weighted by molar-refractivity contribution is -0.112. The number of ether oxygens (including phenoxy) is 1. The Bertz CT molecular complexity index is 440. The maximum atomic E-state index is 11.0. The maximum Gasteiger partial charge on any atom is 0.339 e. The van der Waals surface area contributed by atoms with E-state index in [1.54, 1.807) is 0 Å². The SMILES string of the molecule is COC(=O)c1ccc(C#CC(N)=O)nc1. The second kappa shape index (κ2) is 4.77. The van der Waals surface area contributed by atoms with Gasteiger partial charge in [-0.2, -0.15) is 0 Å². The number of methoxy groups -OCH3 is 1. The molecule has 2 N–H and O–H groups in total. The van der Waals surface area contributed by atoms with Gasteiger partial charge < -0.3 is 10.5 Å². The molecule has 0 aliphatic heterocycles. The van der Waals surface area contributed by atoms with Crippen LogP contribution in [0.25, 0.3) is 0 Å². The molecule has 15 heavy (non-hydrogen) atoms. The van der Waals surface area contributed by atoms with Gasteiger partial charge in [0.1, 0.15) is 5.69 Å². The van der Waals surface area contributed by atoms with Gasteiger partial charge in [-0.1, -0.05) is 0 Å². The first-order valence-electron chi connectivity index (χ1n) is 3.99. The van der Waals surface area contributed by atoms with Gasteiger partial charge in [-0.05, 0) is 18.1 Å². The lowest BCUT2D eigenvalue weighted by Crippen LogP contribution is -2.06. The average Bonchev–Trinajstić information content (AvgIpc) is 2.26. The van der Waals surface area contributed by atoms with Gasteiger partial charge in [0, 0.05) is 12.1 Å². The molecule has 1 aromatic rings. The molecule has 1 amide bonds. The minimum atomic E-state index is -0.728. The Morgan fingerprint density at radius 1 is 1.47 bits per heavy atom. The Balaban J connectivity index is 2.87. The largest absolute Gasteiger partial charge is 0.465 e. The van der Waals surface area contributed by atoms with E-state index >= 15 is 0 Å². The Hall–Kier alpha value is -2.35. The lowest BCUT2D eigenvalue weighted by Gasteiger charge is -1.97. The van der Waals surface area contributed by atoms with Crippen molar-refractivity contribution in [3.05, 3.63) is 29.6 Å². The summed E-state index contributed by atoms with van der Waals surface area (Å²) in [5, 5.41) is 0. The van der Waals surface area contributed by atoms with E-state index in [-0.39, 0.29) is 0 Å². The summed E-state index contributed by atoms with van der Waals surface area (Å²) in [6.07, 6.45) is 1.32. The molecule has 0 bridgehead atoms. The van der Waals surface area contributed by atoms with Crippen molar-refractivity contribution >= 4 is 11.9 Å². The van der Waals surface area contributed by atoms with Crippen LogP contribution in [0, 0.1) is 11.8 Å². The minimum Gasteiger partial charge on any atom is -0.465 e. The van der Waals surface area contributed by atoms with Gasteiger partial charge in [0.25, 0.3) is 5.91 Å². The molecule has 0 radical (unpaired) electrons. The van der Waals surface area contributed by atoms with E-state index in [9.17, 15) is 9.59 Å². The average molecular weight is 204 g/mol. The highest BCUT2D eigenvalue weighted by Crippen LogP contribution is 2.00. The van der Waals surface area contributed by atoms with E-state index in [1.165, 1.54) is 25.4 Å². The molecule has 76 valence electrons. The summed E-state index contributed by atoms with van der Waals surface area (Å²) in [6.45, 7) is 0. The molecule has 0 saturated carbocycles. The van der Waals surface area contributed by atoms with Crippen LogP contribution in [0.1, 0.15) is 16.1 Å². The normalized spacial score (nSPS) is 8.60. The highest BCUT2D eigenvalue weighted by Gasteiger charge is 2.04. The number of carbonyl (C=O) groups excluding carboxylic acids is 2. The first kappa shape index (κ1) is 10.7. The molecule has 0 aliphatic carbocycles. The quantitative estimate of drug-likeness (QED) is 0.503. The molecule has 5 nitrogen and oxygen atoms in total. The number of nitrogens with zero attached hydrogens (tertiary/aromatic N) is 1. The van der Waals surface area contributed by atoms with E-state index in [2.05, 4.69) is 21.6 Å². The van der Waals surface area contributed by atoms with E-state index in [0.29, 0.717) is 11.3 Å². The first-order valence-corrected chi connectivity index (χ1v) is 3.99. The van der Waals surface area contributed by atoms with Crippen molar-refractivity contribution in [3.63, 3.8) is 0 Å². The van der Waals surface area contributed by atoms with Crippen LogP contribution in [-0.4, -0.2) is 24.0 Å². The second-order valence-electron chi connectivity index (χ2n) is 2.54. The van der Waals surface area contributed by atoms with Crippen LogP contribution in [0.4, 0.5) is 0 Å². The summed E-state index contributed by atoms with van der Waals surface area (Å²) in [5.41, 5.74) is 5.51. The second-order valence-corrected chi connectivity index (χ2v) is 2.54. The van der Waals surface area contributed by atoms with Crippen LogP contribution in [0.15, 0.2) is 18.3 Å². The predicted molar refractivity (Wildman–Crippen MR) is 51.6 cm³/mol. The van der Waals surface area contributed by atoms with Gasteiger partial charge in [0.2, 0.25) is 0 Å². The van der Waals surface area contributed by atoms with Crippen molar-refractivity contribution < 1.29 is 14.3 Å².